The van der Waals surface area contributed by atoms with E-state index < -0.39 is 0 Å². The fourth-order valence-corrected chi connectivity index (χ4v) is 4.79. The standard InChI is InChI=1S/C15H24/c1-10-6-4-7-11-8-5-9-12-14(13(10)11)15(12,2)3/h11-14H,1,4-9H2,2-3H3. The van der Waals surface area contributed by atoms with Crippen LogP contribution in [0.4, 0.5) is 0 Å². The van der Waals surface area contributed by atoms with Gasteiger partial charge in [-0.3, -0.25) is 0 Å². The second-order valence-corrected chi connectivity index (χ2v) is 6.72. The van der Waals surface area contributed by atoms with Gasteiger partial charge in [0, 0.05) is 0 Å². The maximum absolute atomic E-state index is 4.38. The quantitative estimate of drug-likeness (QED) is 0.513. The molecule has 3 saturated carbocycles. The molecule has 0 aromatic carbocycles. The van der Waals surface area contributed by atoms with E-state index in [-0.39, 0.29) is 0 Å². The van der Waals surface area contributed by atoms with Gasteiger partial charge in [-0.05, 0) is 61.2 Å². The molecule has 0 aromatic heterocycles. The molecule has 0 amide bonds. The highest BCUT2D eigenvalue weighted by Gasteiger charge is 2.62. The molecule has 4 unspecified atom stereocenters. The molecule has 0 radical (unpaired) electrons. The molecule has 0 heteroatoms. The minimum absolute atomic E-state index is 0.642. The largest absolute Gasteiger partial charge is 0.0996 e. The van der Waals surface area contributed by atoms with Gasteiger partial charge < -0.3 is 0 Å². The Labute approximate surface area is 94.1 Å². The molecule has 4 atom stereocenters. The van der Waals surface area contributed by atoms with Crippen LogP contribution in [0, 0.1) is 29.1 Å². The Morgan fingerprint density at radius 1 is 1.13 bits per heavy atom. The lowest BCUT2D eigenvalue weighted by Gasteiger charge is -2.34. The van der Waals surface area contributed by atoms with Crippen molar-refractivity contribution in [2.45, 2.75) is 52.4 Å². The molecule has 0 spiro atoms. The minimum Gasteiger partial charge on any atom is -0.0996 e. The SMILES string of the molecule is C=C1CCCC2CCCC3C(C12)C3(C)C. The molecule has 3 aliphatic carbocycles. The van der Waals surface area contributed by atoms with Crippen LogP contribution in [0.2, 0.25) is 0 Å². The fourth-order valence-electron chi connectivity index (χ4n) is 4.79. The van der Waals surface area contributed by atoms with Gasteiger partial charge in [0.15, 0.2) is 0 Å². The van der Waals surface area contributed by atoms with E-state index in [1.807, 2.05) is 0 Å². The molecule has 0 heterocycles. The van der Waals surface area contributed by atoms with Gasteiger partial charge in [-0.1, -0.05) is 32.4 Å². The minimum atomic E-state index is 0.642. The van der Waals surface area contributed by atoms with Crippen LogP contribution in [0.15, 0.2) is 12.2 Å². The average molecular weight is 204 g/mol. The molecule has 3 rings (SSSR count). The number of hydrogen-bond donors (Lipinski definition) is 0. The zero-order chi connectivity index (χ0) is 10.6. The zero-order valence-electron chi connectivity index (χ0n) is 10.3. The summed E-state index contributed by atoms with van der Waals surface area (Å²) in [6.45, 7) is 9.37. The molecular formula is C15H24. The molecule has 0 aliphatic heterocycles. The lowest BCUT2D eigenvalue weighted by molar-refractivity contribution is 0.242. The van der Waals surface area contributed by atoms with Crippen LogP contribution in [0.3, 0.4) is 0 Å². The third-order valence-electron chi connectivity index (χ3n) is 5.67. The first-order chi connectivity index (χ1) is 7.12. The molecule has 0 N–H and O–H groups in total. The van der Waals surface area contributed by atoms with E-state index in [1.165, 1.54) is 38.5 Å². The van der Waals surface area contributed by atoms with Crippen molar-refractivity contribution in [3.05, 3.63) is 12.2 Å². The van der Waals surface area contributed by atoms with Crippen LogP contribution < -0.4 is 0 Å². The molecule has 0 saturated heterocycles. The van der Waals surface area contributed by atoms with E-state index in [0.29, 0.717) is 5.41 Å². The predicted octanol–water partition coefficient (Wildman–Crippen LogP) is 4.42. The second kappa shape index (κ2) is 3.12. The maximum Gasteiger partial charge on any atom is -0.0141 e. The molecule has 3 aliphatic rings. The summed E-state index contributed by atoms with van der Waals surface area (Å²) >= 11 is 0. The van der Waals surface area contributed by atoms with Gasteiger partial charge in [0.05, 0.1) is 0 Å². The summed E-state index contributed by atoms with van der Waals surface area (Å²) < 4.78 is 0. The van der Waals surface area contributed by atoms with E-state index in [9.17, 15) is 0 Å². The van der Waals surface area contributed by atoms with Crippen molar-refractivity contribution in [2.24, 2.45) is 29.1 Å². The average Bonchev–Trinajstić information content (AvgIpc) is 2.77. The lowest BCUT2D eigenvalue weighted by atomic mass is 9.71. The van der Waals surface area contributed by atoms with Crippen molar-refractivity contribution in [1.29, 1.82) is 0 Å². The molecule has 3 fully saturated rings. The summed E-state index contributed by atoms with van der Waals surface area (Å²) in [5.74, 6) is 3.93. The van der Waals surface area contributed by atoms with E-state index in [0.717, 1.165) is 23.7 Å². The normalized spacial score (nSPS) is 47.7. The van der Waals surface area contributed by atoms with Crippen molar-refractivity contribution < 1.29 is 0 Å². The van der Waals surface area contributed by atoms with Crippen molar-refractivity contribution in [2.75, 3.05) is 0 Å². The van der Waals surface area contributed by atoms with Crippen LogP contribution in [-0.2, 0) is 0 Å². The first-order valence-corrected chi connectivity index (χ1v) is 6.80. The molecule has 0 aromatic rings. The summed E-state index contributed by atoms with van der Waals surface area (Å²) in [6, 6.07) is 0. The van der Waals surface area contributed by atoms with Crippen LogP contribution >= 0.6 is 0 Å². The Bertz CT molecular complexity index is 286. The molecule has 15 heavy (non-hydrogen) atoms. The van der Waals surface area contributed by atoms with Gasteiger partial charge in [-0.25, -0.2) is 0 Å². The summed E-state index contributed by atoms with van der Waals surface area (Å²) in [5.41, 5.74) is 2.25. The Kier molecular flexibility index (Phi) is 2.06. The first-order valence-electron chi connectivity index (χ1n) is 6.80. The Balaban J connectivity index is 1.89. The third-order valence-corrected chi connectivity index (χ3v) is 5.67. The fraction of sp³-hybridized carbons (Fsp3) is 0.867. The summed E-state index contributed by atoms with van der Waals surface area (Å²) in [5, 5.41) is 0. The van der Waals surface area contributed by atoms with Gasteiger partial charge in [0.1, 0.15) is 0 Å². The van der Waals surface area contributed by atoms with Crippen molar-refractivity contribution in [3.8, 4) is 0 Å². The highest BCUT2D eigenvalue weighted by molar-refractivity contribution is 5.20. The van der Waals surface area contributed by atoms with E-state index >= 15 is 0 Å². The van der Waals surface area contributed by atoms with Crippen LogP contribution in [0.1, 0.15) is 52.4 Å². The Morgan fingerprint density at radius 3 is 2.67 bits per heavy atom. The molecular weight excluding hydrogens is 180 g/mol. The van der Waals surface area contributed by atoms with Crippen molar-refractivity contribution in [1.82, 2.24) is 0 Å². The van der Waals surface area contributed by atoms with Crippen LogP contribution in [0.5, 0.6) is 0 Å². The number of fused-ring (bicyclic) bond motifs is 3. The van der Waals surface area contributed by atoms with Crippen molar-refractivity contribution >= 4 is 0 Å². The Hall–Kier alpha value is -0.260. The third kappa shape index (κ3) is 1.33. The second-order valence-electron chi connectivity index (χ2n) is 6.72. The monoisotopic (exact) mass is 204 g/mol. The predicted molar refractivity (Wildman–Crippen MR) is 64.6 cm³/mol. The topological polar surface area (TPSA) is 0 Å². The summed E-state index contributed by atoms with van der Waals surface area (Å²) in [6.07, 6.45) is 8.70. The van der Waals surface area contributed by atoms with Crippen LogP contribution in [0.25, 0.3) is 0 Å². The molecule has 0 nitrogen and oxygen atoms in total. The Morgan fingerprint density at radius 2 is 1.87 bits per heavy atom. The van der Waals surface area contributed by atoms with Crippen LogP contribution in [-0.4, -0.2) is 0 Å². The highest BCUT2D eigenvalue weighted by Crippen LogP contribution is 2.69. The summed E-state index contributed by atoms with van der Waals surface area (Å²) in [4.78, 5) is 0. The van der Waals surface area contributed by atoms with E-state index in [2.05, 4.69) is 20.4 Å². The van der Waals surface area contributed by atoms with Gasteiger partial charge in [0.2, 0.25) is 0 Å². The smallest absolute Gasteiger partial charge is 0.0141 e. The highest BCUT2D eigenvalue weighted by atomic mass is 14.7. The zero-order valence-corrected chi connectivity index (χ0v) is 10.3. The van der Waals surface area contributed by atoms with Crippen molar-refractivity contribution in [3.63, 3.8) is 0 Å². The van der Waals surface area contributed by atoms with E-state index in [4.69, 9.17) is 0 Å². The number of allylic oxidation sites excluding steroid dienone is 1. The van der Waals surface area contributed by atoms with Gasteiger partial charge >= 0.3 is 0 Å². The number of rotatable bonds is 0. The summed E-state index contributed by atoms with van der Waals surface area (Å²) in [7, 11) is 0. The molecule has 0 bridgehead atoms. The lowest BCUT2D eigenvalue weighted by Crippen LogP contribution is -2.24. The van der Waals surface area contributed by atoms with E-state index in [1.54, 1.807) is 5.57 Å². The number of hydrogen-bond acceptors (Lipinski definition) is 0. The van der Waals surface area contributed by atoms with Gasteiger partial charge in [-0.15, -0.1) is 0 Å². The molecule has 84 valence electrons. The van der Waals surface area contributed by atoms with Gasteiger partial charge in [0.25, 0.3) is 0 Å². The van der Waals surface area contributed by atoms with Gasteiger partial charge in [-0.2, -0.15) is 0 Å². The maximum atomic E-state index is 4.38. The first kappa shape index (κ1) is 9.93.